The Kier molecular flexibility index (Phi) is 4.03. The zero-order valence-electron chi connectivity index (χ0n) is 11.6. The standard InChI is InChI=1S/C14H14ClN3O3S/c15-11-4-2-10-3-5-13(16-12(10)8-11)17-14(19)9-18-6-1-7-22(18,20)21/h2-5,8H,1,6-7,9H2,(H,16,17,19). The third-order valence-electron chi connectivity index (χ3n) is 3.44. The van der Waals surface area contributed by atoms with E-state index in [-0.39, 0.29) is 12.3 Å². The molecule has 1 aromatic heterocycles. The summed E-state index contributed by atoms with van der Waals surface area (Å²) in [6.45, 7) is 0.202. The lowest BCUT2D eigenvalue weighted by Crippen LogP contribution is -2.34. The van der Waals surface area contributed by atoms with E-state index in [0.29, 0.717) is 29.3 Å². The Morgan fingerprint density at radius 1 is 1.32 bits per heavy atom. The van der Waals surface area contributed by atoms with Crippen molar-refractivity contribution in [3.05, 3.63) is 35.4 Å². The summed E-state index contributed by atoms with van der Waals surface area (Å²) in [5.41, 5.74) is 0.666. The number of amides is 1. The number of sulfonamides is 1. The first kappa shape index (κ1) is 15.2. The molecule has 22 heavy (non-hydrogen) atoms. The molecular formula is C14H14ClN3O3S. The van der Waals surface area contributed by atoms with Gasteiger partial charge in [-0.25, -0.2) is 13.4 Å². The van der Waals surface area contributed by atoms with Crippen LogP contribution in [-0.4, -0.2) is 42.5 Å². The first-order valence-electron chi connectivity index (χ1n) is 6.78. The molecule has 0 saturated carbocycles. The van der Waals surface area contributed by atoms with Crippen molar-refractivity contribution in [3.8, 4) is 0 Å². The van der Waals surface area contributed by atoms with Gasteiger partial charge in [-0.05, 0) is 30.7 Å². The van der Waals surface area contributed by atoms with E-state index in [9.17, 15) is 13.2 Å². The molecule has 1 N–H and O–H groups in total. The maximum atomic E-state index is 12.0. The largest absolute Gasteiger partial charge is 0.310 e. The molecule has 1 aliphatic rings. The van der Waals surface area contributed by atoms with Crippen molar-refractivity contribution in [2.75, 3.05) is 24.2 Å². The van der Waals surface area contributed by atoms with Gasteiger partial charge in [-0.1, -0.05) is 17.7 Å². The van der Waals surface area contributed by atoms with Gasteiger partial charge in [0.2, 0.25) is 15.9 Å². The van der Waals surface area contributed by atoms with E-state index in [2.05, 4.69) is 10.3 Å². The van der Waals surface area contributed by atoms with Crippen molar-refractivity contribution in [1.82, 2.24) is 9.29 Å². The number of nitrogens with zero attached hydrogens (tertiary/aromatic N) is 2. The molecular weight excluding hydrogens is 326 g/mol. The van der Waals surface area contributed by atoms with Gasteiger partial charge in [-0.15, -0.1) is 0 Å². The molecule has 1 amide bonds. The molecule has 116 valence electrons. The molecule has 3 rings (SSSR count). The molecule has 2 heterocycles. The van der Waals surface area contributed by atoms with E-state index in [0.717, 1.165) is 5.39 Å². The van der Waals surface area contributed by atoms with Gasteiger partial charge < -0.3 is 5.32 Å². The Morgan fingerprint density at radius 3 is 2.82 bits per heavy atom. The molecule has 2 aromatic rings. The summed E-state index contributed by atoms with van der Waals surface area (Å²) in [6, 6.07) is 8.81. The van der Waals surface area contributed by atoms with Gasteiger partial charge in [0.25, 0.3) is 0 Å². The maximum absolute atomic E-state index is 12.0. The fourth-order valence-corrected chi connectivity index (χ4v) is 4.01. The van der Waals surface area contributed by atoms with E-state index in [1.54, 1.807) is 18.2 Å². The van der Waals surface area contributed by atoms with Crippen LogP contribution < -0.4 is 5.32 Å². The number of pyridine rings is 1. The minimum atomic E-state index is -3.28. The fourth-order valence-electron chi connectivity index (χ4n) is 2.37. The normalized spacial score (nSPS) is 17.7. The minimum Gasteiger partial charge on any atom is -0.310 e. The van der Waals surface area contributed by atoms with Crippen molar-refractivity contribution in [3.63, 3.8) is 0 Å². The van der Waals surface area contributed by atoms with E-state index >= 15 is 0 Å². The Balaban J connectivity index is 1.74. The predicted molar refractivity (Wildman–Crippen MR) is 85.4 cm³/mol. The number of anilines is 1. The van der Waals surface area contributed by atoms with Gasteiger partial charge in [-0.3, -0.25) is 4.79 Å². The molecule has 6 nitrogen and oxygen atoms in total. The second kappa shape index (κ2) is 5.83. The van der Waals surface area contributed by atoms with Crippen molar-refractivity contribution in [2.45, 2.75) is 6.42 Å². The Bertz CT molecular complexity index is 838. The molecule has 0 unspecified atom stereocenters. The average Bonchev–Trinajstić information content (AvgIpc) is 2.77. The third kappa shape index (κ3) is 3.21. The Morgan fingerprint density at radius 2 is 2.09 bits per heavy atom. The molecule has 1 aromatic carbocycles. The van der Waals surface area contributed by atoms with Gasteiger partial charge in [0.15, 0.2) is 0 Å². The molecule has 0 atom stereocenters. The highest BCUT2D eigenvalue weighted by atomic mass is 35.5. The Labute approximate surface area is 133 Å². The first-order chi connectivity index (χ1) is 10.4. The molecule has 1 aliphatic heterocycles. The summed E-state index contributed by atoms with van der Waals surface area (Å²) in [7, 11) is -3.28. The van der Waals surface area contributed by atoms with Crippen LogP contribution in [0.4, 0.5) is 5.82 Å². The smallest absolute Gasteiger partial charge is 0.240 e. The average molecular weight is 340 g/mol. The van der Waals surface area contributed by atoms with Crippen LogP contribution in [-0.2, 0) is 14.8 Å². The number of rotatable bonds is 3. The van der Waals surface area contributed by atoms with Crippen LogP contribution in [0.15, 0.2) is 30.3 Å². The van der Waals surface area contributed by atoms with E-state index in [1.807, 2.05) is 12.1 Å². The number of nitrogens with one attached hydrogen (secondary N) is 1. The predicted octanol–water partition coefficient (Wildman–Crippen LogP) is 1.86. The number of carbonyl (C=O) groups excluding carboxylic acids is 1. The molecule has 0 bridgehead atoms. The SMILES string of the molecule is O=C(CN1CCCS1(=O)=O)Nc1ccc2ccc(Cl)cc2n1. The number of fused-ring (bicyclic) bond motifs is 1. The van der Waals surface area contributed by atoms with E-state index in [4.69, 9.17) is 11.6 Å². The second-order valence-corrected chi connectivity index (χ2v) is 7.61. The summed E-state index contributed by atoms with van der Waals surface area (Å²) in [6.07, 6.45) is 0.558. The lowest BCUT2D eigenvalue weighted by Gasteiger charge is -2.13. The second-order valence-electron chi connectivity index (χ2n) is 5.08. The molecule has 1 fully saturated rings. The van der Waals surface area contributed by atoms with Crippen molar-refractivity contribution < 1.29 is 13.2 Å². The third-order valence-corrected chi connectivity index (χ3v) is 5.58. The van der Waals surface area contributed by atoms with E-state index in [1.165, 1.54) is 4.31 Å². The minimum absolute atomic E-state index is 0.104. The monoisotopic (exact) mass is 339 g/mol. The number of benzene rings is 1. The topological polar surface area (TPSA) is 79.4 Å². The van der Waals surface area contributed by atoms with Crippen LogP contribution in [0.2, 0.25) is 5.02 Å². The summed E-state index contributed by atoms with van der Waals surface area (Å²) >= 11 is 5.92. The number of aromatic nitrogens is 1. The van der Waals surface area contributed by atoms with E-state index < -0.39 is 15.9 Å². The first-order valence-corrected chi connectivity index (χ1v) is 8.77. The van der Waals surface area contributed by atoms with Crippen molar-refractivity contribution in [2.24, 2.45) is 0 Å². The van der Waals surface area contributed by atoms with Gasteiger partial charge in [0.05, 0.1) is 17.8 Å². The molecule has 0 radical (unpaired) electrons. The van der Waals surface area contributed by atoms with Crippen LogP contribution in [0.1, 0.15) is 6.42 Å². The van der Waals surface area contributed by atoms with Crippen LogP contribution in [0.3, 0.4) is 0 Å². The van der Waals surface area contributed by atoms with Crippen molar-refractivity contribution in [1.29, 1.82) is 0 Å². The highest BCUT2D eigenvalue weighted by molar-refractivity contribution is 7.89. The number of hydrogen-bond donors (Lipinski definition) is 1. The lowest BCUT2D eigenvalue weighted by atomic mass is 10.2. The lowest BCUT2D eigenvalue weighted by molar-refractivity contribution is -0.116. The molecule has 0 aliphatic carbocycles. The summed E-state index contributed by atoms with van der Waals surface area (Å²) < 4.78 is 24.5. The highest BCUT2D eigenvalue weighted by Gasteiger charge is 2.29. The zero-order chi connectivity index (χ0) is 15.7. The van der Waals surface area contributed by atoms with Crippen molar-refractivity contribution >= 4 is 44.3 Å². The van der Waals surface area contributed by atoms with Crippen LogP contribution in [0.25, 0.3) is 10.9 Å². The van der Waals surface area contributed by atoms with Gasteiger partial charge in [0, 0.05) is 17.0 Å². The summed E-state index contributed by atoms with van der Waals surface area (Å²) in [5, 5.41) is 4.09. The van der Waals surface area contributed by atoms with Gasteiger partial charge >= 0.3 is 0 Å². The quantitative estimate of drug-likeness (QED) is 0.925. The molecule has 8 heteroatoms. The zero-order valence-corrected chi connectivity index (χ0v) is 13.2. The summed E-state index contributed by atoms with van der Waals surface area (Å²) in [5.74, 6) is 0.0724. The molecule has 0 spiro atoms. The number of halogens is 1. The highest BCUT2D eigenvalue weighted by Crippen LogP contribution is 2.20. The number of hydrogen-bond acceptors (Lipinski definition) is 4. The van der Waals surface area contributed by atoms with Crippen LogP contribution >= 0.6 is 11.6 Å². The fraction of sp³-hybridized carbons (Fsp3) is 0.286. The van der Waals surface area contributed by atoms with Crippen LogP contribution in [0, 0.1) is 0 Å². The Hall–Kier alpha value is -1.70. The summed E-state index contributed by atoms with van der Waals surface area (Å²) in [4.78, 5) is 16.3. The van der Waals surface area contributed by atoms with Gasteiger partial charge in [-0.2, -0.15) is 4.31 Å². The van der Waals surface area contributed by atoms with Crippen LogP contribution in [0.5, 0.6) is 0 Å². The molecule has 1 saturated heterocycles. The number of carbonyl (C=O) groups is 1. The maximum Gasteiger partial charge on any atom is 0.240 e. The van der Waals surface area contributed by atoms with Gasteiger partial charge in [0.1, 0.15) is 5.82 Å².